The molecule has 0 aromatic heterocycles. The van der Waals surface area contributed by atoms with Crippen molar-refractivity contribution in [3.8, 4) is 5.75 Å². The molecule has 0 spiro atoms. The first-order chi connectivity index (χ1) is 19.9. The van der Waals surface area contributed by atoms with Gasteiger partial charge in [-0.3, -0.25) is 4.90 Å². The van der Waals surface area contributed by atoms with E-state index < -0.39 is 5.54 Å². The standard InChI is InChI=1S/C25H38N4O2.C4H8.3C2H6/c1-6-25(29(30)16-15-26)21-13-11-19(27(7-2)8-3)17-23(21)31-24-18-20(12-14-22(24)25)28(9-4)10-5;1-3-4-2;3*1-2/h6,11,13-14,17-18,20,30H,1,7-10,12,15-16,26H2,2-5H3;3H,1,4H2,2H3;3*1-2H3. The lowest BCUT2D eigenvalue weighted by Gasteiger charge is -2.46. The molecular weight excluding hydrogens is 508 g/mol. The van der Waals surface area contributed by atoms with Crippen molar-refractivity contribution in [1.82, 2.24) is 9.96 Å². The molecule has 41 heavy (non-hydrogen) atoms. The molecule has 0 saturated carbocycles. The first kappa shape index (κ1) is 40.8. The van der Waals surface area contributed by atoms with Gasteiger partial charge in [-0.2, -0.15) is 5.06 Å². The Morgan fingerprint density at radius 1 is 0.976 bits per heavy atom. The second kappa shape index (κ2) is 23.2. The molecule has 2 aliphatic rings. The summed E-state index contributed by atoms with van der Waals surface area (Å²) in [6, 6.07) is 6.50. The number of anilines is 1. The van der Waals surface area contributed by atoms with Gasteiger partial charge in [0.15, 0.2) is 0 Å². The Bertz CT molecular complexity index is 903. The molecule has 0 fully saturated rings. The van der Waals surface area contributed by atoms with Crippen molar-refractivity contribution in [1.29, 1.82) is 0 Å². The Hall–Kier alpha value is -2.38. The Labute approximate surface area is 254 Å². The van der Waals surface area contributed by atoms with Crippen molar-refractivity contribution < 1.29 is 9.94 Å². The number of nitrogens with zero attached hydrogens (tertiary/aromatic N) is 3. The quantitative estimate of drug-likeness (QED) is 0.205. The highest BCUT2D eigenvalue weighted by atomic mass is 16.5. The third-order valence-corrected chi connectivity index (χ3v) is 6.92. The van der Waals surface area contributed by atoms with Crippen LogP contribution in [0.15, 0.2) is 67.0 Å². The van der Waals surface area contributed by atoms with E-state index in [-0.39, 0.29) is 6.04 Å². The predicted octanol–water partition coefficient (Wildman–Crippen LogP) is 8.54. The molecule has 236 valence electrons. The Kier molecular flexibility index (Phi) is 23.1. The zero-order valence-electron chi connectivity index (χ0n) is 28.5. The van der Waals surface area contributed by atoms with Crippen molar-refractivity contribution in [2.45, 2.75) is 101 Å². The third-order valence-electron chi connectivity index (χ3n) is 6.92. The van der Waals surface area contributed by atoms with Gasteiger partial charge in [0, 0.05) is 55.1 Å². The highest BCUT2D eigenvalue weighted by molar-refractivity contribution is 5.64. The maximum atomic E-state index is 11.2. The van der Waals surface area contributed by atoms with Gasteiger partial charge in [0.1, 0.15) is 17.0 Å². The Morgan fingerprint density at radius 3 is 1.98 bits per heavy atom. The molecule has 2 unspecified atom stereocenters. The van der Waals surface area contributed by atoms with Gasteiger partial charge in [-0.25, -0.2) is 0 Å². The molecule has 0 bridgehead atoms. The van der Waals surface area contributed by atoms with Gasteiger partial charge in [-0.05, 0) is 51.9 Å². The molecule has 0 radical (unpaired) electrons. The summed E-state index contributed by atoms with van der Waals surface area (Å²) in [6.07, 6.45) is 10.0. The molecule has 6 heteroatoms. The summed E-state index contributed by atoms with van der Waals surface area (Å²) in [5.74, 6) is 1.55. The summed E-state index contributed by atoms with van der Waals surface area (Å²) in [6.45, 7) is 34.8. The van der Waals surface area contributed by atoms with E-state index in [1.807, 2.05) is 53.7 Å². The number of nitrogens with two attached hydrogens (primary N) is 1. The first-order valence-corrected chi connectivity index (χ1v) is 16.1. The minimum Gasteiger partial charge on any atom is -0.457 e. The van der Waals surface area contributed by atoms with Crippen LogP contribution in [0.2, 0.25) is 0 Å². The van der Waals surface area contributed by atoms with Crippen LogP contribution in [0.3, 0.4) is 0 Å². The second-order valence-corrected chi connectivity index (χ2v) is 8.71. The van der Waals surface area contributed by atoms with Crippen LogP contribution in [-0.4, -0.2) is 60.5 Å². The maximum Gasteiger partial charge on any atom is 0.135 e. The molecule has 3 rings (SSSR count). The van der Waals surface area contributed by atoms with Crippen LogP contribution in [-0.2, 0) is 5.54 Å². The molecule has 1 aromatic rings. The lowest BCUT2D eigenvalue weighted by molar-refractivity contribution is -0.147. The molecule has 1 aromatic carbocycles. The largest absolute Gasteiger partial charge is 0.457 e. The number of fused-ring (bicyclic) bond motifs is 2. The number of allylic oxidation sites excluding steroid dienone is 1. The second-order valence-electron chi connectivity index (χ2n) is 8.71. The molecular formula is C35H64N4O2. The van der Waals surface area contributed by atoms with Crippen molar-refractivity contribution in [3.05, 3.63) is 72.6 Å². The zero-order valence-corrected chi connectivity index (χ0v) is 28.5. The van der Waals surface area contributed by atoms with E-state index in [4.69, 9.17) is 10.5 Å². The molecule has 1 aliphatic heterocycles. The SMILES string of the molecule is C=CC1(N(O)CCN)C2=CCC(N(CC)CC)C=C2Oc2cc(N(CC)CC)ccc21.C=CCC.CC.CC.CC. The first-order valence-electron chi connectivity index (χ1n) is 16.1. The van der Waals surface area contributed by atoms with Gasteiger partial charge in [0.2, 0.25) is 0 Å². The van der Waals surface area contributed by atoms with Crippen molar-refractivity contribution in [3.63, 3.8) is 0 Å². The summed E-state index contributed by atoms with van der Waals surface area (Å²) in [7, 11) is 0. The monoisotopic (exact) mass is 573 g/mol. The van der Waals surface area contributed by atoms with Crippen molar-refractivity contribution in [2.75, 3.05) is 44.2 Å². The van der Waals surface area contributed by atoms with E-state index in [0.717, 1.165) is 67.4 Å². The molecule has 3 N–H and O–H groups in total. The van der Waals surface area contributed by atoms with E-state index in [1.165, 1.54) is 5.06 Å². The smallest absolute Gasteiger partial charge is 0.135 e. The minimum atomic E-state index is -0.894. The van der Waals surface area contributed by atoms with Gasteiger partial charge in [0.05, 0.1) is 0 Å². The van der Waals surface area contributed by atoms with Gasteiger partial charge >= 0.3 is 0 Å². The van der Waals surface area contributed by atoms with E-state index in [9.17, 15) is 5.21 Å². The maximum absolute atomic E-state index is 11.2. The van der Waals surface area contributed by atoms with Crippen molar-refractivity contribution >= 4 is 5.69 Å². The molecule has 1 heterocycles. The van der Waals surface area contributed by atoms with Crippen LogP contribution < -0.4 is 15.4 Å². The van der Waals surface area contributed by atoms with Gasteiger partial charge < -0.3 is 20.6 Å². The summed E-state index contributed by atoms with van der Waals surface area (Å²) in [5, 5.41) is 12.5. The fraction of sp³-hybridized carbons (Fsp3) is 0.600. The van der Waals surface area contributed by atoms with Crippen LogP contribution in [0.1, 0.15) is 94.6 Å². The van der Waals surface area contributed by atoms with Crippen LogP contribution in [0.4, 0.5) is 5.69 Å². The van der Waals surface area contributed by atoms with Gasteiger partial charge in [-0.15, -0.1) is 13.2 Å². The molecule has 0 amide bonds. The topological polar surface area (TPSA) is 65.2 Å². The molecule has 1 aliphatic carbocycles. The summed E-state index contributed by atoms with van der Waals surface area (Å²) in [5.41, 5.74) is 7.86. The number of benzene rings is 1. The molecule has 0 saturated heterocycles. The van der Waals surface area contributed by atoms with E-state index >= 15 is 0 Å². The van der Waals surface area contributed by atoms with E-state index in [2.05, 4.69) is 87.9 Å². The Morgan fingerprint density at radius 2 is 1.54 bits per heavy atom. The summed E-state index contributed by atoms with van der Waals surface area (Å²) in [4.78, 5) is 4.70. The fourth-order valence-corrected chi connectivity index (χ4v) is 4.91. The van der Waals surface area contributed by atoms with Gasteiger partial charge in [0.25, 0.3) is 0 Å². The highest BCUT2D eigenvalue weighted by Crippen LogP contribution is 2.51. The highest BCUT2D eigenvalue weighted by Gasteiger charge is 2.47. The normalized spacial score (nSPS) is 18.0. The third kappa shape index (κ3) is 10.1. The molecule has 2 atom stereocenters. The van der Waals surface area contributed by atoms with Crippen molar-refractivity contribution in [2.24, 2.45) is 5.73 Å². The predicted molar refractivity (Wildman–Crippen MR) is 182 cm³/mol. The average Bonchev–Trinajstić information content (AvgIpc) is 3.04. The number of ether oxygens (including phenoxy) is 1. The van der Waals surface area contributed by atoms with E-state index in [0.29, 0.717) is 13.1 Å². The van der Waals surface area contributed by atoms with Gasteiger partial charge in [-0.1, -0.05) is 86.6 Å². The summed E-state index contributed by atoms with van der Waals surface area (Å²) < 4.78 is 6.49. The Balaban J connectivity index is 0. The number of hydrogen-bond acceptors (Lipinski definition) is 6. The van der Waals surface area contributed by atoms with Crippen LogP contribution >= 0.6 is 0 Å². The van der Waals surface area contributed by atoms with Crippen LogP contribution in [0, 0.1) is 0 Å². The number of hydrogen-bond donors (Lipinski definition) is 2. The average molecular weight is 573 g/mol. The number of likely N-dealkylation sites (N-methyl/N-ethyl adjacent to an activating group) is 1. The van der Waals surface area contributed by atoms with E-state index in [1.54, 1.807) is 0 Å². The fourth-order valence-electron chi connectivity index (χ4n) is 4.91. The zero-order chi connectivity index (χ0) is 32.0. The lowest BCUT2D eigenvalue weighted by Crippen LogP contribution is -2.50. The van der Waals surface area contributed by atoms with Crippen LogP contribution in [0.5, 0.6) is 5.75 Å². The minimum absolute atomic E-state index is 0.269. The summed E-state index contributed by atoms with van der Waals surface area (Å²) >= 11 is 0. The molecule has 6 nitrogen and oxygen atoms in total. The lowest BCUT2D eigenvalue weighted by atomic mass is 9.76. The number of rotatable bonds is 11. The number of hydroxylamine groups is 2. The van der Waals surface area contributed by atoms with Crippen LogP contribution in [0.25, 0.3) is 0 Å².